The molecule has 1 spiro atoms. The average Bonchev–Trinajstić information content (AvgIpc) is 2.97. The van der Waals surface area contributed by atoms with Crippen LogP contribution >= 0.6 is 31.9 Å². The van der Waals surface area contributed by atoms with Crippen LogP contribution in [0.4, 0.5) is 0 Å². The van der Waals surface area contributed by atoms with Crippen molar-refractivity contribution in [2.75, 3.05) is 0 Å². The summed E-state index contributed by atoms with van der Waals surface area (Å²) < 4.78 is 12.1. The first-order valence-corrected chi connectivity index (χ1v) is 9.86. The first-order valence-electron chi connectivity index (χ1n) is 8.27. The lowest BCUT2D eigenvalue weighted by molar-refractivity contribution is 0.0221. The summed E-state index contributed by atoms with van der Waals surface area (Å²) in [5, 5.41) is 40.5. The van der Waals surface area contributed by atoms with Crippen molar-refractivity contribution >= 4 is 37.8 Å². The van der Waals surface area contributed by atoms with Crippen molar-refractivity contribution in [3.05, 3.63) is 67.6 Å². The van der Waals surface area contributed by atoms with Gasteiger partial charge in [-0.15, -0.1) is 0 Å². The highest BCUT2D eigenvalue weighted by Gasteiger charge is 2.56. The number of benzene rings is 3. The Bertz CT molecular complexity index is 1200. The summed E-state index contributed by atoms with van der Waals surface area (Å²) in [5.74, 6) is -1.70. The zero-order valence-corrected chi connectivity index (χ0v) is 17.4. The summed E-state index contributed by atoms with van der Waals surface area (Å²) in [7, 11) is 0. The van der Waals surface area contributed by atoms with E-state index in [4.69, 9.17) is 9.47 Å². The zero-order valence-electron chi connectivity index (χ0n) is 14.2. The third kappa shape index (κ3) is 2.19. The fourth-order valence-electron chi connectivity index (χ4n) is 3.85. The normalized spacial score (nSPS) is 15.3. The van der Waals surface area contributed by atoms with Gasteiger partial charge < -0.3 is 29.9 Å². The van der Waals surface area contributed by atoms with Gasteiger partial charge in [-0.3, -0.25) is 0 Å². The molecule has 0 aliphatic carbocycles. The Labute approximate surface area is 180 Å². The topological polar surface area (TPSA) is 116 Å². The lowest BCUT2D eigenvalue weighted by Gasteiger charge is -2.37. The molecule has 0 amide bonds. The maximum absolute atomic E-state index is 12.9. The minimum Gasteiger partial charge on any atom is -0.508 e. The van der Waals surface area contributed by atoms with Crippen LogP contribution < -0.4 is 4.74 Å². The molecule has 0 saturated heterocycles. The van der Waals surface area contributed by atoms with Gasteiger partial charge in [-0.05, 0) is 56.1 Å². The summed E-state index contributed by atoms with van der Waals surface area (Å²) in [4.78, 5) is 12.9. The quantitative estimate of drug-likeness (QED) is 0.252. The van der Waals surface area contributed by atoms with Gasteiger partial charge in [0.1, 0.15) is 28.6 Å². The molecule has 5 rings (SSSR count). The Kier molecular flexibility index (Phi) is 3.63. The van der Waals surface area contributed by atoms with Gasteiger partial charge in [0, 0.05) is 33.3 Å². The van der Waals surface area contributed by atoms with Gasteiger partial charge in [0.05, 0.1) is 4.47 Å². The van der Waals surface area contributed by atoms with Gasteiger partial charge in [0.2, 0.25) is 0 Å². The lowest BCUT2D eigenvalue weighted by atomic mass is 9.77. The number of phenolic OH excluding ortho intramolecular Hbond substituents is 4. The smallest absolute Gasteiger partial charge is 0.344 e. The van der Waals surface area contributed by atoms with Crippen molar-refractivity contribution in [3.8, 4) is 34.5 Å². The van der Waals surface area contributed by atoms with Gasteiger partial charge in [-0.25, -0.2) is 4.79 Å². The van der Waals surface area contributed by atoms with Crippen molar-refractivity contribution in [1.82, 2.24) is 0 Å². The second-order valence-corrected chi connectivity index (χ2v) is 8.19. The molecule has 0 saturated carbocycles. The van der Waals surface area contributed by atoms with Crippen LogP contribution in [0.25, 0.3) is 0 Å². The predicted octanol–water partition coefficient (Wildman–Crippen LogP) is 4.60. The summed E-state index contributed by atoms with van der Waals surface area (Å²) in [6, 6.07) is 8.66. The molecular formula is C20H10Br2O7. The van der Waals surface area contributed by atoms with Gasteiger partial charge in [-0.2, -0.15) is 0 Å². The standard InChI is InChI=1S/C20H10Br2O7/c21-15-14-13(17(25)18(26)16(15)22)19(27)29-20(14)9-3-1-7(23)5-11(9)28-12-6-8(24)2-4-10(12)20/h1-6,23-26H. The molecule has 0 radical (unpaired) electrons. The van der Waals surface area contributed by atoms with E-state index in [1.54, 1.807) is 12.1 Å². The molecule has 7 nitrogen and oxygen atoms in total. The number of hydrogen-bond acceptors (Lipinski definition) is 7. The first-order chi connectivity index (χ1) is 13.8. The van der Waals surface area contributed by atoms with Gasteiger partial charge in [0.25, 0.3) is 0 Å². The van der Waals surface area contributed by atoms with E-state index in [0.29, 0.717) is 15.6 Å². The monoisotopic (exact) mass is 520 g/mol. The van der Waals surface area contributed by atoms with E-state index in [2.05, 4.69) is 31.9 Å². The molecule has 146 valence electrons. The number of halogens is 2. The average molecular weight is 522 g/mol. The number of esters is 1. The number of carbonyl (C=O) groups is 1. The molecule has 0 fully saturated rings. The largest absolute Gasteiger partial charge is 0.508 e. The number of fused-ring (bicyclic) bond motifs is 6. The van der Waals surface area contributed by atoms with Crippen molar-refractivity contribution in [3.63, 3.8) is 0 Å². The molecular weight excluding hydrogens is 512 g/mol. The Morgan fingerprint density at radius 1 is 0.793 bits per heavy atom. The third-order valence-corrected chi connectivity index (χ3v) is 7.14. The molecule has 9 heteroatoms. The number of rotatable bonds is 0. The Balaban J connectivity index is 1.98. The van der Waals surface area contributed by atoms with Crippen molar-refractivity contribution < 1.29 is 34.7 Å². The van der Waals surface area contributed by atoms with Crippen LogP contribution in [0.3, 0.4) is 0 Å². The molecule has 2 aliphatic rings. The van der Waals surface area contributed by atoms with E-state index in [-0.39, 0.29) is 38.6 Å². The maximum atomic E-state index is 12.9. The third-order valence-electron chi connectivity index (χ3n) is 5.04. The van der Waals surface area contributed by atoms with Gasteiger partial charge in [-0.1, -0.05) is 0 Å². The Hall–Kier alpha value is -2.91. The number of aromatic hydroxyl groups is 4. The van der Waals surface area contributed by atoms with Crippen LogP contribution in [0, 0.1) is 0 Å². The highest BCUT2D eigenvalue weighted by atomic mass is 79.9. The molecule has 2 aliphatic heterocycles. The van der Waals surface area contributed by atoms with Gasteiger partial charge in [0.15, 0.2) is 17.1 Å². The van der Waals surface area contributed by atoms with Gasteiger partial charge >= 0.3 is 5.97 Å². The molecule has 3 aromatic carbocycles. The maximum Gasteiger partial charge on any atom is 0.344 e. The van der Waals surface area contributed by atoms with Crippen LogP contribution in [0.5, 0.6) is 34.5 Å². The van der Waals surface area contributed by atoms with E-state index >= 15 is 0 Å². The molecule has 0 unspecified atom stereocenters. The zero-order chi connectivity index (χ0) is 20.7. The highest BCUT2D eigenvalue weighted by molar-refractivity contribution is 9.13. The number of ether oxygens (including phenoxy) is 2. The first kappa shape index (κ1) is 18.1. The van der Waals surface area contributed by atoms with E-state index < -0.39 is 23.1 Å². The van der Waals surface area contributed by atoms with E-state index in [1.807, 2.05) is 0 Å². The van der Waals surface area contributed by atoms with Crippen LogP contribution in [0.1, 0.15) is 27.0 Å². The second-order valence-electron chi connectivity index (χ2n) is 6.61. The predicted molar refractivity (Wildman–Crippen MR) is 107 cm³/mol. The minimum absolute atomic E-state index is 0.0687. The summed E-state index contributed by atoms with van der Waals surface area (Å²) in [5.41, 5.74) is -0.690. The summed E-state index contributed by atoms with van der Waals surface area (Å²) >= 11 is 6.62. The van der Waals surface area contributed by atoms with Crippen molar-refractivity contribution in [2.24, 2.45) is 0 Å². The summed E-state index contributed by atoms with van der Waals surface area (Å²) in [6.07, 6.45) is 0. The molecule has 2 heterocycles. The van der Waals surface area contributed by atoms with E-state index in [1.165, 1.54) is 24.3 Å². The van der Waals surface area contributed by atoms with Crippen LogP contribution in [0.2, 0.25) is 0 Å². The fourth-order valence-corrected chi connectivity index (χ4v) is 4.90. The summed E-state index contributed by atoms with van der Waals surface area (Å²) in [6.45, 7) is 0. The van der Waals surface area contributed by atoms with Crippen LogP contribution in [0.15, 0.2) is 45.3 Å². The molecule has 29 heavy (non-hydrogen) atoms. The lowest BCUT2D eigenvalue weighted by Crippen LogP contribution is -2.33. The number of hydrogen-bond donors (Lipinski definition) is 4. The molecule has 0 bridgehead atoms. The Morgan fingerprint density at radius 2 is 1.34 bits per heavy atom. The SMILES string of the molecule is O=C1OC2(c3ccc(O)cc3Oc3cc(O)ccc32)c2c(Br)c(Br)c(O)c(O)c21. The number of phenols is 4. The van der Waals surface area contributed by atoms with E-state index in [9.17, 15) is 25.2 Å². The van der Waals surface area contributed by atoms with E-state index in [0.717, 1.165) is 0 Å². The second kappa shape index (κ2) is 5.80. The van der Waals surface area contributed by atoms with Crippen molar-refractivity contribution in [2.45, 2.75) is 5.60 Å². The molecule has 4 N–H and O–H groups in total. The fraction of sp³-hybridized carbons (Fsp3) is 0.0500. The number of carbonyl (C=O) groups excluding carboxylic acids is 1. The highest BCUT2D eigenvalue weighted by Crippen LogP contribution is 2.61. The Morgan fingerprint density at radius 3 is 1.90 bits per heavy atom. The molecule has 3 aromatic rings. The molecule has 0 aromatic heterocycles. The van der Waals surface area contributed by atoms with Crippen LogP contribution in [-0.4, -0.2) is 26.4 Å². The minimum atomic E-state index is -1.55. The molecule has 0 atom stereocenters. The van der Waals surface area contributed by atoms with Crippen molar-refractivity contribution in [1.29, 1.82) is 0 Å². The van der Waals surface area contributed by atoms with Crippen LogP contribution in [-0.2, 0) is 10.3 Å².